The summed E-state index contributed by atoms with van der Waals surface area (Å²) in [5, 5.41) is 13.8. The number of likely N-dealkylation sites (tertiary alicyclic amines) is 1. The number of nitrogens with zero attached hydrogens (tertiary/aromatic N) is 2. The summed E-state index contributed by atoms with van der Waals surface area (Å²) in [5.41, 5.74) is 0.868. The number of furan rings is 1. The van der Waals surface area contributed by atoms with Crippen LogP contribution in [0.5, 0.6) is 0 Å². The quantitative estimate of drug-likeness (QED) is 0.688. The maximum atomic E-state index is 12.5. The van der Waals surface area contributed by atoms with Crippen LogP contribution in [0.3, 0.4) is 0 Å². The molecule has 3 rings (SSSR count). The van der Waals surface area contributed by atoms with Crippen molar-refractivity contribution in [1.29, 1.82) is 0 Å². The van der Waals surface area contributed by atoms with Gasteiger partial charge < -0.3 is 14.6 Å². The summed E-state index contributed by atoms with van der Waals surface area (Å²) in [6, 6.07) is 7.88. The summed E-state index contributed by atoms with van der Waals surface area (Å²) in [4.78, 5) is 24.8. The number of urea groups is 1. The molecule has 0 aliphatic carbocycles. The predicted octanol–water partition coefficient (Wildman–Crippen LogP) is 3.87. The molecular weight excluding hydrogens is 298 g/mol. The number of hydrogen-bond acceptors (Lipinski definition) is 4. The van der Waals surface area contributed by atoms with Crippen molar-refractivity contribution in [3.63, 3.8) is 0 Å². The van der Waals surface area contributed by atoms with Crippen LogP contribution in [-0.2, 0) is 0 Å². The van der Waals surface area contributed by atoms with Gasteiger partial charge in [0.25, 0.3) is 5.69 Å². The first kappa shape index (κ1) is 15.1. The molecule has 1 aromatic carbocycles. The van der Waals surface area contributed by atoms with Gasteiger partial charge in [-0.3, -0.25) is 10.1 Å². The van der Waals surface area contributed by atoms with E-state index >= 15 is 0 Å². The topological polar surface area (TPSA) is 88.6 Å². The number of nitrogens with one attached hydrogen (secondary N) is 1. The largest absolute Gasteiger partial charge is 0.467 e. The number of nitro groups is 1. The number of carbonyl (C=O) groups is 1. The highest BCUT2D eigenvalue weighted by molar-refractivity contribution is 5.92. The van der Waals surface area contributed by atoms with E-state index in [9.17, 15) is 14.9 Å². The van der Waals surface area contributed by atoms with Gasteiger partial charge in [0.1, 0.15) is 11.4 Å². The second-order valence-corrected chi connectivity index (χ2v) is 5.57. The first-order valence-electron chi connectivity index (χ1n) is 7.42. The zero-order valence-corrected chi connectivity index (χ0v) is 12.7. The minimum Gasteiger partial charge on any atom is -0.467 e. The SMILES string of the molecule is Cc1ccc(NC(=O)N2CCCC2c2ccco2)c([N+](=O)[O-])c1. The van der Waals surface area contributed by atoms with Crippen molar-refractivity contribution in [2.45, 2.75) is 25.8 Å². The van der Waals surface area contributed by atoms with Gasteiger partial charge in [0.15, 0.2) is 0 Å². The van der Waals surface area contributed by atoms with E-state index in [1.807, 2.05) is 6.07 Å². The number of amides is 2. The molecule has 2 aromatic rings. The Kier molecular flexibility index (Phi) is 4.01. The molecule has 7 heteroatoms. The normalized spacial score (nSPS) is 17.3. The van der Waals surface area contributed by atoms with Crippen LogP contribution in [0.1, 0.15) is 30.2 Å². The monoisotopic (exact) mass is 315 g/mol. The Morgan fingerprint density at radius 1 is 1.43 bits per heavy atom. The van der Waals surface area contributed by atoms with E-state index in [2.05, 4.69) is 5.32 Å². The average molecular weight is 315 g/mol. The smallest absolute Gasteiger partial charge is 0.322 e. The molecule has 120 valence electrons. The molecule has 1 aromatic heterocycles. The van der Waals surface area contributed by atoms with E-state index < -0.39 is 4.92 Å². The average Bonchev–Trinajstić information content (AvgIpc) is 3.19. The second-order valence-electron chi connectivity index (χ2n) is 5.57. The van der Waals surface area contributed by atoms with Crippen molar-refractivity contribution in [2.75, 3.05) is 11.9 Å². The fourth-order valence-electron chi connectivity index (χ4n) is 2.87. The molecule has 1 saturated heterocycles. The molecule has 0 spiro atoms. The van der Waals surface area contributed by atoms with Crippen molar-refractivity contribution >= 4 is 17.4 Å². The van der Waals surface area contributed by atoms with E-state index in [1.165, 1.54) is 6.07 Å². The van der Waals surface area contributed by atoms with E-state index in [4.69, 9.17) is 4.42 Å². The third-order valence-electron chi connectivity index (χ3n) is 3.98. The Hall–Kier alpha value is -2.83. The lowest BCUT2D eigenvalue weighted by atomic mass is 10.1. The number of nitro benzene ring substituents is 1. The number of aryl methyl sites for hydroxylation is 1. The summed E-state index contributed by atoms with van der Waals surface area (Å²) >= 11 is 0. The first-order chi connectivity index (χ1) is 11.1. The molecule has 7 nitrogen and oxygen atoms in total. The Balaban J connectivity index is 1.80. The van der Waals surface area contributed by atoms with E-state index in [-0.39, 0.29) is 23.4 Å². The lowest BCUT2D eigenvalue weighted by Gasteiger charge is -2.23. The maximum Gasteiger partial charge on any atom is 0.322 e. The molecule has 1 N–H and O–H groups in total. The van der Waals surface area contributed by atoms with Crippen molar-refractivity contribution in [2.24, 2.45) is 0 Å². The van der Waals surface area contributed by atoms with Gasteiger partial charge >= 0.3 is 6.03 Å². The Bertz CT molecular complexity index is 727. The van der Waals surface area contributed by atoms with Crippen molar-refractivity contribution in [3.05, 3.63) is 58.0 Å². The Labute approximate surface area is 133 Å². The fraction of sp³-hybridized carbons (Fsp3) is 0.312. The van der Waals surface area contributed by atoms with Gasteiger partial charge in [-0.15, -0.1) is 0 Å². The number of benzene rings is 1. The van der Waals surface area contributed by atoms with Crippen LogP contribution < -0.4 is 5.32 Å². The predicted molar refractivity (Wildman–Crippen MR) is 84.2 cm³/mol. The van der Waals surface area contributed by atoms with Crippen LogP contribution in [0.25, 0.3) is 0 Å². The molecule has 1 atom stereocenters. The fourth-order valence-corrected chi connectivity index (χ4v) is 2.87. The summed E-state index contributed by atoms with van der Waals surface area (Å²) < 4.78 is 5.40. The lowest BCUT2D eigenvalue weighted by Crippen LogP contribution is -2.34. The summed E-state index contributed by atoms with van der Waals surface area (Å²) in [5.74, 6) is 0.732. The highest BCUT2D eigenvalue weighted by atomic mass is 16.6. The van der Waals surface area contributed by atoms with E-state index in [0.29, 0.717) is 6.54 Å². The van der Waals surface area contributed by atoms with Gasteiger partial charge in [-0.1, -0.05) is 6.07 Å². The number of carbonyl (C=O) groups excluding carboxylic acids is 1. The molecule has 2 heterocycles. The molecule has 0 bridgehead atoms. The molecule has 2 amide bonds. The molecule has 0 radical (unpaired) electrons. The van der Waals surface area contributed by atoms with Crippen LogP contribution in [0.4, 0.5) is 16.2 Å². The Morgan fingerprint density at radius 3 is 2.96 bits per heavy atom. The molecule has 1 unspecified atom stereocenters. The van der Waals surface area contributed by atoms with E-state index in [1.54, 1.807) is 36.3 Å². The lowest BCUT2D eigenvalue weighted by molar-refractivity contribution is -0.384. The number of rotatable bonds is 3. The maximum absolute atomic E-state index is 12.5. The highest BCUT2D eigenvalue weighted by Crippen LogP contribution is 2.33. The van der Waals surface area contributed by atoms with Crippen molar-refractivity contribution in [1.82, 2.24) is 4.90 Å². The van der Waals surface area contributed by atoms with Gasteiger partial charge in [0.05, 0.1) is 17.2 Å². The minimum absolute atomic E-state index is 0.105. The summed E-state index contributed by atoms with van der Waals surface area (Å²) in [7, 11) is 0. The molecular formula is C16H17N3O4. The Morgan fingerprint density at radius 2 is 2.26 bits per heavy atom. The van der Waals surface area contributed by atoms with Gasteiger partial charge in [-0.05, 0) is 43.5 Å². The van der Waals surface area contributed by atoms with Crippen LogP contribution in [0, 0.1) is 17.0 Å². The van der Waals surface area contributed by atoms with Gasteiger partial charge in [-0.2, -0.15) is 0 Å². The van der Waals surface area contributed by atoms with Crippen LogP contribution >= 0.6 is 0 Å². The van der Waals surface area contributed by atoms with Crippen LogP contribution in [-0.4, -0.2) is 22.4 Å². The zero-order chi connectivity index (χ0) is 16.4. The van der Waals surface area contributed by atoms with Gasteiger partial charge in [0.2, 0.25) is 0 Å². The standard InChI is InChI=1S/C16H17N3O4/c1-11-6-7-12(14(10-11)19(21)22)17-16(20)18-8-2-4-13(18)15-5-3-9-23-15/h3,5-7,9-10,13H,2,4,8H2,1H3,(H,17,20). The second kappa shape index (κ2) is 6.12. The third kappa shape index (κ3) is 3.03. The number of hydrogen-bond donors (Lipinski definition) is 1. The van der Waals surface area contributed by atoms with Crippen LogP contribution in [0.2, 0.25) is 0 Å². The molecule has 1 fully saturated rings. The van der Waals surface area contributed by atoms with Gasteiger partial charge in [-0.25, -0.2) is 4.79 Å². The summed E-state index contributed by atoms with van der Waals surface area (Å²) in [6.07, 6.45) is 3.26. The summed E-state index contributed by atoms with van der Waals surface area (Å²) in [6.45, 7) is 2.36. The first-order valence-corrected chi connectivity index (χ1v) is 7.42. The van der Waals surface area contributed by atoms with Crippen LogP contribution in [0.15, 0.2) is 41.0 Å². The van der Waals surface area contributed by atoms with Crippen molar-refractivity contribution in [3.8, 4) is 0 Å². The molecule has 23 heavy (non-hydrogen) atoms. The molecule has 1 aliphatic rings. The molecule has 1 aliphatic heterocycles. The number of anilines is 1. The highest BCUT2D eigenvalue weighted by Gasteiger charge is 2.32. The van der Waals surface area contributed by atoms with Gasteiger partial charge in [0, 0.05) is 12.6 Å². The third-order valence-corrected chi connectivity index (χ3v) is 3.98. The molecule has 0 saturated carbocycles. The minimum atomic E-state index is -0.489. The van der Waals surface area contributed by atoms with Crippen molar-refractivity contribution < 1.29 is 14.1 Å². The zero-order valence-electron chi connectivity index (χ0n) is 12.7. The van der Waals surface area contributed by atoms with E-state index in [0.717, 1.165) is 24.2 Å².